The Bertz CT molecular complexity index is 391. The van der Waals surface area contributed by atoms with E-state index >= 15 is 0 Å². The van der Waals surface area contributed by atoms with Crippen LogP contribution in [0, 0.1) is 5.92 Å². The Kier molecular flexibility index (Phi) is 4.75. The monoisotopic (exact) mass is 269 g/mol. The van der Waals surface area contributed by atoms with Crippen molar-refractivity contribution >= 4 is 29.3 Å². The highest BCUT2D eigenvalue weighted by Gasteiger charge is 2.20. The number of thioether (sulfide) groups is 1. The molecule has 1 aromatic rings. The lowest BCUT2D eigenvalue weighted by molar-refractivity contribution is -0.125. The third-order valence-corrected chi connectivity index (χ3v) is 4.42. The highest BCUT2D eigenvalue weighted by Crippen LogP contribution is 2.23. The fourth-order valence-electron chi connectivity index (χ4n) is 1.93. The predicted octanol–water partition coefficient (Wildman–Crippen LogP) is 3.10. The van der Waals surface area contributed by atoms with Gasteiger partial charge < -0.3 is 5.32 Å². The van der Waals surface area contributed by atoms with Crippen LogP contribution in [-0.4, -0.2) is 17.4 Å². The van der Waals surface area contributed by atoms with E-state index in [1.165, 1.54) is 0 Å². The molecular formula is C13H16ClNOS. The van der Waals surface area contributed by atoms with Gasteiger partial charge >= 0.3 is 0 Å². The van der Waals surface area contributed by atoms with E-state index in [4.69, 9.17) is 11.6 Å². The van der Waals surface area contributed by atoms with Crippen molar-refractivity contribution in [2.24, 2.45) is 5.92 Å². The van der Waals surface area contributed by atoms with Crippen LogP contribution in [0.1, 0.15) is 18.4 Å². The smallest absolute Gasteiger partial charge is 0.223 e. The Hall–Kier alpha value is -0.670. The molecule has 17 heavy (non-hydrogen) atoms. The molecule has 2 rings (SSSR count). The molecule has 0 unspecified atom stereocenters. The number of benzene rings is 1. The molecule has 4 heteroatoms. The molecule has 0 aliphatic carbocycles. The second-order valence-electron chi connectivity index (χ2n) is 4.20. The Labute approximate surface area is 111 Å². The maximum atomic E-state index is 11.9. The summed E-state index contributed by atoms with van der Waals surface area (Å²) in [6.45, 7) is 0.530. The Balaban J connectivity index is 1.85. The van der Waals surface area contributed by atoms with E-state index in [9.17, 15) is 4.79 Å². The predicted molar refractivity (Wildman–Crippen MR) is 73.3 cm³/mol. The van der Waals surface area contributed by atoms with Crippen molar-refractivity contribution in [3.05, 3.63) is 34.9 Å². The van der Waals surface area contributed by atoms with Gasteiger partial charge in [0.1, 0.15) is 0 Å². The van der Waals surface area contributed by atoms with E-state index in [1.807, 2.05) is 36.0 Å². The molecule has 2 nitrogen and oxygen atoms in total. The van der Waals surface area contributed by atoms with Crippen LogP contribution >= 0.6 is 23.4 Å². The lowest BCUT2D eigenvalue weighted by atomic mass is 10.0. The van der Waals surface area contributed by atoms with E-state index in [0.717, 1.165) is 29.9 Å². The fourth-order valence-corrected chi connectivity index (χ4v) is 3.24. The van der Waals surface area contributed by atoms with Crippen molar-refractivity contribution in [1.29, 1.82) is 0 Å². The summed E-state index contributed by atoms with van der Waals surface area (Å²) in [6, 6.07) is 7.62. The maximum Gasteiger partial charge on any atom is 0.223 e. The SMILES string of the molecule is O=C(NCc1ccccc1Cl)C1CCSCC1. The van der Waals surface area contributed by atoms with Crippen LogP contribution in [0.25, 0.3) is 0 Å². The van der Waals surface area contributed by atoms with Gasteiger partial charge in [-0.2, -0.15) is 11.8 Å². The maximum absolute atomic E-state index is 11.9. The van der Waals surface area contributed by atoms with Crippen LogP contribution in [0.3, 0.4) is 0 Å². The van der Waals surface area contributed by atoms with Crippen molar-refractivity contribution in [2.45, 2.75) is 19.4 Å². The fraction of sp³-hybridized carbons (Fsp3) is 0.462. The molecule has 0 bridgehead atoms. The van der Waals surface area contributed by atoms with E-state index in [-0.39, 0.29) is 11.8 Å². The average molecular weight is 270 g/mol. The van der Waals surface area contributed by atoms with Crippen LogP contribution in [0.4, 0.5) is 0 Å². The minimum Gasteiger partial charge on any atom is -0.352 e. The van der Waals surface area contributed by atoms with Gasteiger partial charge in [0.05, 0.1) is 0 Å². The summed E-state index contributed by atoms with van der Waals surface area (Å²) in [5.74, 6) is 2.57. The summed E-state index contributed by atoms with van der Waals surface area (Å²) < 4.78 is 0. The van der Waals surface area contributed by atoms with Crippen molar-refractivity contribution < 1.29 is 4.79 Å². The molecule has 1 aliphatic heterocycles. The van der Waals surface area contributed by atoms with Gasteiger partial charge in [0.2, 0.25) is 5.91 Å². The molecule has 1 N–H and O–H groups in total. The van der Waals surface area contributed by atoms with Crippen LogP contribution in [0.5, 0.6) is 0 Å². The van der Waals surface area contributed by atoms with Gasteiger partial charge in [0.15, 0.2) is 0 Å². The molecule has 92 valence electrons. The Morgan fingerprint density at radius 3 is 2.76 bits per heavy atom. The van der Waals surface area contributed by atoms with E-state index < -0.39 is 0 Å². The van der Waals surface area contributed by atoms with Gasteiger partial charge in [-0.3, -0.25) is 4.79 Å². The van der Waals surface area contributed by atoms with Gasteiger partial charge in [-0.25, -0.2) is 0 Å². The zero-order chi connectivity index (χ0) is 12.1. The number of halogens is 1. The lowest BCUT2D eigenvalue weighted by Gasteiger charge is -2.20. The number of hydrogen-bond donors (Lipinski definition) is 1. The van der Waals surface area contributed by atoms with Gasteiger partial charge in [-0.15, -0.1) is 0 Å². The first-order valence-corrected chi connectivity index (χ1v) is 7.39. The molecule has 1 heterocycles. The summed E-state index contributed by atoms with van der Waals surface area (Å²) in [5.41, 5.74) is 0.979. The minimum absolute atomic E-state index is 0.171. The molecule has 1 fully saturated rings. The lowest BCUT2D eigenvalue weighted by Crippen LogP contribution is -2.32. The first kappa shape index (κ1) is 12.8. The molecule has 1 saturated heterocycles. The normalized spacial score (nSPS) is 16.8. The highest BCUT2D eigenvalue weighted by molar-refractivity contribution is 7.99. The Morgan fingerprint density at radius 2 is 2.06 bits per heavy atom. The van der Waals surface area contributed by atoms with Crippen LogP contribution in [-0.2, 0) is 11.3 Å². The van der Waals surface area contributed by atoms with Crippen LogP contribution in [0.15, 0.2) is 24.3 Å². The standard InChI is InChI=1S/C13H16ClNOS/c14-12-4-2-1-3-11(12)9-15-13(16)10-5-7-17-8-6-10/h1-4,10H,5-9H2,(H,15,16). The zero-order valence-electron chi connectivity index (χ0n) is 9.62. The highest BCUT2D eigenvalue weighted by atomic mass is 35.5. The summed E-state index contributed by atoms with van der Waals surface area (Å²) in [7, 11) is 0. The number of rotatable bonds is 3. The number of carbonyl (C=O) groups excluding carboxylic acids is 1. The number of amides is 1. The van der Waals surface area contributed by atoms with Gasteiger partial charge in [0.25, 0.3) is 0 Å². The third-order valence-electron chi connectivity index (χ3n) is 3.00. The van der Waals surface area contributed by atoms with E-state index in [1.54, 1.807) is 0 Å². The number of nitrogens with one attached hydrogen (secondary N) is 1. The summed E-state index contributed by atoms with van der Waals surface area (Å²) in [5, 5.41) is 3.69. The molecule has 1 aromatic carbocycles. The Morgan fingerprint density at radius 1 is 1.35 bits per heavy atom. The number of hydrogen-bond acceptors (Lipinski definition) is 2. The van der Waals surface area contributed by atoms with Crippen LogP contribution < -0.4 is 5.32 Å². The van der Waals surface area contributed by atoms with Crippen LogP contribution in [0.2, 0.25) is 5.02 Å². The average Bonchev–Trinajstić information content (AvgIpc) is 2.38. The quantitative estimate of drug-likeness (QED) is 0.914. The molecule has 0 saturated carbocycles. The van der Waals surface area contributed by atoms with Gasteiger partial charge in [-0.1, -0.05) is 29.8 Å². The summed E-state index contributed by atoms with van der Waals surface area (Å²) in [6.07, 6.45) is 2.00. The van der Waals surface area contributed by atoms with Crippen molar-refractivity contribution in [2.75, 3.05) is 11.5 Å². The molecule has 0 aromatic heterocycles. The van der Waals surface area contributed by atoms with Crippen molar-refractivity contribution in [3.63, 3.8) is 0 Å². The van der Waals surface area contributed by atoms with Gasteiger partial charge in [-0.05, 0) is 36.0 Å². The topological polar surface area (TPSA) is 29.1 Å². The molecule has 1 amide bonds. The second kappa shape index (κ2) is 6.31. The molecule has 0 radical (unpaired) electrons. The molecule has 1 aliphatic rings. The zero-order valence-corrected chi connectivity index (χ0v) is 11.2. The minimum atomic E-state index is 0.171. The number of carbonyl (C=O) groups is 1. The van der Waals surface area contributed by atoms with Gasteiger partial charge in [0, 0.05) is 17.5 Å². The largest absolute Gasteiger partial charge is 0.352 e. The summed E-state index contributed by atoms with van der Waals surface area (Å²) in [4.78, 5) is 11.9. The molecule has 0 atom stereocenters. The molecular weight excluding hydrogens is 254 g/mol. The van der Waals surface area contributed by atoms with Crippen molar-refractivity contribution in [1.82, 2.24) is 5.32 Å². The van der Waals surface area contributed by atoms with E-state index in [0.29, 0.717) is 11.6 Å². The second-order valence-corrected chi connectivity index (χ2v) is 5.83. The van der Waals surface area contributed by atoms with Crippen molar-refractivity contribution in [3.8, 4) is 0 Å². The first-order chi connectivity index (χ1) is 8.27. The molecule has 0 spiro atoms. The third kappa shape index (κ3) is 3.65. The first-order valence-electron chi connectivity index (χ1n) is 5.86. The summed E-state index contributed by atoms with van der Waals surface area (Å²) >= 11 is 7.97. The van der Waals surface area contributed by atoms with E-state index in [2.05, 4.69) is 5.32 Å².